The minimum absolute atomic E-state index is 0.00927. The number of carbonyl (C=O) groups excluding carboxylic acids is 2. The van der Waals surface area contributed by atoms with Gasteiger partial charge in [0.15, 0.2) is 0 Å². The molecule has 2 unspecified atom stereocenters. The van der Waals surface area contributed by atoms with Crippen LogP contribution in [0.3, 0.4) is 0 Å². The van der Waals surface area contributed by atoms with Crippen LogP contribution in [0.15, 0.2) is 0 Å². The number of hydrogen-bond donors (Lipinski definition) is 0. The Labute approximate surface area is 258 Å². The van der Waals surface area contributed by atoms with E-state index < -0.39 is 0 Å². The fraction of sp³-hybridized carbons (Fsp3) is 0.943. The van der Waals surface area contributed by atoms with Crippen LogP contribution >= 0.6 is 15.9 Å². The Kier molecular flexibility index (Phi) is 30.9. The first-order chi connectivity index (χ1) is 19.6. The van der Waals surface area contributed by atoms with Gasteiger partial charge >= 0.3 is 11.9 Å². The molecule has 4 nitrogen and oxygen atoms in total. The molecule has 40 heavy (non-hydrogen) atoms. The van der Waals surface area contributed by atoms with Crippen molar-refractivity contribution in [1.29, 1.82) is 0 Å². The van der Waals surface area contributed by atoms with Crippen LogP contribution in [0.5, 0.6) is 0 Å². The number of ether oxygens (including phenoxy) is 2. The summed E-state index contributed by atoms with van der Waals surface area (Å²) in [6.45, 7) is 7.35. The highest BCUT2D eigenvalue weighted by Gasteiger charge is 2.14. The van der Waals surface area contributed by atoms with Crippen LogP contribution in [0.25, 0.3) is 0 Å². The van der Waals surface area contributed by atoms with E-state index in [1.165, 1.54) is 103 Å². The molecule has 0 aromatic heterocycles. The van der Waals surface area contributed by atoms with Crippen LogP contribution in [-0.4, -0.2) is 30.0 Å². The number of carbonyl (C=O) groups is 2. The SMILES string of the molecule is CCCCCCCCCC(CCCCCCCCC(=O)OCC(CCCC)CCCCCC)OC(=O)CCCBr. The van der Waals surface area contributed by atoms with E-state index in [9.17, 15) is 9.59 Å². The molecule has 238 valence electrons. The number of hydrogen-bond acceptors (Lipinski definition) is 4. The molecule has 0 saturated heterocycles. The first-order valence-corrected chi connectivity index (χ1v) is 18.6. The fourth-order valence-electron chi connectivity index (χ4n) is 5.34. The third-order valence-electron chi connectivity index (χ3n) is 8.01. The molecule has 0 rings (SSSR count). The minimum atomic E-state index is -0.0348. The molecule has 0 aliphatic rings. The molecular weight excluding hydrogens is 564 g/mol. The molecule has 2 atom stereocenters. The third-order valence-corrected chi connectivity index (χ3v) is 8.57. The van der Waals surface area contributed by atoms with Crippen molar-refractivity contribution in [3.05, 3.63) is 0 Å². The summed E-state index contributed by atoms with van der Waals surface area (Å²) in [6, 6.07) is 0. The largest absolute Gasteiger partial charge is 0.465 e. The monoisotopic (exact) mass is 630 g/mol. The second-order valence-electron chi connectivity index (χ2n) is 12.0. The van der Waals surface area contributed by atoms with Crippen LogP contribution in [0.4, 0.5) is 0 Å². The second kappa shape index (κ2) is 31.4. The number of unbranched alkanes of at least 4 members (excludes halogenated alkanes) is 15. The van der Waals surface area contributed by atoms with Gasteiger partial charge in [-0.3, -0.25) is 9.59 Å². The minimum Gasteiger partial charge on any atom is -0.465 e. The van der Waals surface area contributed by atoms with Gasteiger partial charge in [0, 0.05) is 18.2 Å². The van der Waals surface area contributed by atoms with Crippen LogP contribution in [-0.2, 0) is 19.1 Å². The average molecular weight is 632 g/mol. The normalized spacial score (nSPS) is 12.8. The zero-order valence-corrected chi connectivity index (χ0v) is 28.6. The molecule has 0 aromatic rings. The highest BCUT2D eigenvalue weighted by atomic mass is 79.9. The van der Waals surface area contributed by atoms with Gasteiger partial charge in [-0.25, -0.2) is 0 Å². The van der Waals surface area contributed by atoms with Crippen molar-refractivity contribution in [1.82, 2.24) is 0 Å². The molecule has 0 radical (unpaired) electrons. The first kappa shape index (κ1) is 39.4. The Hall–Kier alpha value is -0.580. The maximum atomic E-state index is 12.3. The summed E-state index contributed by atoms with van der Waals surface area (Å²) >= 11 is 3.41. The standard InChI is InChI=1S/C35H67BrO4/c1-4-7-10-12-13-16-20-26-33(40-35(38)29-23-30-36)27-21-17-14-15-18-22-28-34(37)39-31-32(24-9-6-3)25-19-11-8-5-2/h32-33H,4-31H2,1-3H3. The lowest BCUT2D eigenvalue weighted by atomic mass is 9.96. The van der Waals surface area contributed by atoms with E-state index in [-0.39, 0.29) is 18.0 Å². The van der Waals surface area contributed by atoms with Gasteiger partial charge in [0.1, 0.15) is 6.10 Å². The first-order valence-electron chi connectivity index (χ1n) is 17.5. The van der Waals surface area contributed by atoms with Gasteiger partial charge in [-0.2, -0.15) is 0 Å². The molecule has 0 aliphatic heterocycles. The van der Waals surface area contributed by atoms with Gasteiger partial charge in [-0.05, 0) is 57.3 Å². The van der Waals surface area contributed by atoms with Gasteiger partial charge in [0.25, 0.3) is 0 Å². The Morgan fingerprint density at radius 3 is 1.55 bits per heavy atom. The molecule has 0 bridgehead atoms. The van der Waals surface area contributed by atoms with Crippen molar-refractivity contribution < 1.29 is 19.1 Å². The molecule has 0 heterocycles. The predicted molar refractivity (Wildman–Crippen MR) is 175 cm³/mol. The third kappa shape index (κ3) is 27.6. The summed E-state index contributed by atoms with van der Waals surface area (Å²) in [4.78, 5) is 24.5. The molecule has 0 fully saturated rings. The summed E-state index contributed by atoms with van der Waals surface area (Å²) < 4.78 is 11.5. The molecule has 5 heteroatoms. The van der Waals surface area contributed by atoms with Gasteiger partial charge in [0.2, 0.25) is 0 Å². The molecule has 0 spiro atoms. The highest BCUT2D eigenvalue weighted by molar-refractivity contribution is 9.09. The quantitative estimate of drug-likeness (QED) is 0.0434. The zero-order chi connectivity index (χ0) is 29.5. The predicted octanol–water partition coefficient (Wildman–Crippen LogP) is 11.7. The van der Waals surface area contributed by atoms with Crippen LogP contribution in [0.1, 0.15) is 188 Å². The van der Waals surface area contributed by atoms with Crippen molar-refractivity contribution in [2.75, 3.05) is 11.9 Å². The lowest BCUT2D eigenvalue weighted by Gasteiger charge is -2.18. The smallest absolute Gasteiger partial charge is 0.306 e. The van der Waals surface area contributed by atoms with E-state index in [2.05, 4.69) is 36.7 Å². The van der Waals surface area contributed by atoms with Gasteiger partial charge in [-0.1, -0.05) is 139 Å². The molecule has 0 aliphatic carbocycles. The maximum absolute atomic E-state index is 12.3. The Balaban J connectivity index is 4.04. The van der Waals surface area contributed by atoms with E-state index in [4.69, 9.17) is 9.47 Å². The summed E-state index contributed by atoms with van der Waals surface area (Å²) in [7, 11) is 0. The number of halogens is 1. The topological polar surface area (TPSA) is 52.6 Å². The van der Waals surface area contributed by atoms with Crippen molar-refractivity contribution in [3.63, 3.8) is 0 Å². The van der Waals surface area contributed by atoms with Crippen molar-refractivity contribution in [3.8, 4) is 0 Å². The summed E-state index contributed by atoms with van der Waals surface area (Å²) in [5, 5.41) is 0.848. The summed E-state index contributed by atoms with van der Waals surface area (Å²) in [5.74, 6) is 0.497. The van der Waals surface area contributed by atoms with Crippen molar-refractivity contribution in [2.45, 2.75) is 194 Å². The van der Waals surface area contributed by atoms with Crippen LogP contribution in [0, 0.1) is 5.92 Å². The van der Waals surface area contributed by atoms with E-state index >= 15 is 0 Å². The fourth-order valence-corrected chi connectivity index (χ4v) is 5.62. The van der Waals surface area contributed by atoms with E-state index in [0.29, 0.717) is 25.4 Å². The lowest BCUT2D eigenvalue weighted by Crippen LogP contribution is -2.18. The molecule has 0 N–H and O–H groups in total. The number of alkyl halides is 1. The van der Waals surface area contributed by atoms with Crippen molar-refractivity contribution in [2.24, 2.45) is 5.92 Å². The molecule has 0 amide bonds. The van der Waals surface area contributed by atoms with Gasteiger partial charge in [-0.15, -0.1) is 0 Å². The van der Waals surface area contributed by atoms with Gasteiger partial charge < -0.3 is 9.47 Å². The highest BCUT2D eigenvalue weighted by Crippen LogP contribution is 2.20. The second-order valence-corrected chi connectivity index (χ2v) is 12.8. The van der Waals surface area contributed by atoms with Crippen LogP contribution in [0.2, 0.25) is 0 Å². The Morgan fingerprint density at radius 1 is 0.525 bits per heavy atom. The summed E-state index contributed by atoms with van der Waals surface area (Å²) in [6.07, 6.45) is 29.7. The van der Waals surface area contributed by atoms with Crippen molar-refractivity contribution >= 4 is 27.9 Å². The zero-order valence-electron chi connectivity index (χ0n) is 27.0. The molecular formula is C35H67BrO4. The maximum Gasteiger partial charge on any atom is 0.306 e. The van der Waals surface area contributed by atoms with Gasteiger partial charge in [0.05, 0.1) is 6.61 Å². The number of rotatable bonds is 31. The molecule has 0 aromatic carbocycles. The Bertz CT molecular complexity index is 554. The van der Waals surface area contributed by atoms with E-state index in [0.717, 1.165) is 56.7 Å². The number of esters is 2. The van der Waals surface area contributed by atoms with E-state index in [1.807, 2.05) is 0 Å². The average Bonchev–Trinajstić information content (AvgIpc) is 2.95. The molecule has 0 saturated carbocycles. The lowest BCUT2D eigenvalue weighted by molar-refractivity contribution is -0.150. The van der Waals surface area contributed by atoms with Crippen LogP contribution < -0.4 is 0 Å². The summed E-state index contributed by atoms with van der Waals surface area (Å²) in [5.41, 5.74) is 0. The van der Waals surface area contributed by atoms with E-state index in [1.54, 1.807) is 0 Å². The Morgan fingerprint density at radius 2 is 0.975 bits per heavy atom.